The van der Waals surface area contributed by atoms with Crippen LogP contribution in [0.15, 0.2) is 24.5 Å². The second kappa shape index (κ2) is 8.38. The molecule has 0 aliphatic heterocycles. The summed E-state index contributed by atoms with van der Waals surface area (Å²) >= 11 is 0. The van der Waals surface area contributed by atoms with Crippen LogP contribution in [0.2, 0.25) is 0 Å². The van der Waals surface area contributed by atoms with Crippen LogP contribution in [0, 0.1) is 0 Å². The van der Waals surface area contributed by atoms with Crippen LogP contribution >= 0.6 is 0 Å². The number of nitrogens with zero attached hydrogens (tertiary/aromatic N) is 2. The van der Waals surface area contributed by atoms with Crippen LogP contribution in [0.4, 0.5) is 0 Å². The van der Waals surface area contributed by atoms with Gasteiger partial charge in [-0.1, -0.05) is 26.2 Å². The number of hydrogen-bond donors (Lipinski definition) is 1. The molecular formula is C17H29N3. The lowest BCUT2D eigenvalue weighted by atomic mass is 9.95. The van der Waals surface area contributed by atoms with E-state index in [9.17, 15) is 0 Å². The van der Waals surface area contributed by atoms with Crippen LogP contribution in [-0.2, 0) is 6.54 Å². The Morgan fingerprint density at radius 3 is 2.60 bits per heavy atom. The van der Waals surface area contributed by atoms with Gasteiger partial charge in [0.15, 0.2) is 0 Å². The van der Waals surface area contributed by atoms with Crippen LogP contribution < -0.4 is 5.32 Å². The van der Waals surface area contributed by atoms with Gasteiger partial charge < -0.3 is 5.32 Å². The van der Waals surface area contributed by atoms with Gasteiger partial charge in [-0.15, -0.1) is 0 Å². The molecule has 1 saturated carbocycles. The maximum absolute atomic E-state index is 4.09. The summed E-state index contributed by atoms with van der Waals surface area (Å²) in [5.74, 6) is 0. The fraction of sp³-hybridized carbons (Fsp3) is 0.706. The van der Waals surface area contributed by atoms with Crippen molar-refractivity contribution < 1.29 is 0 Å². The van der Waals surface area contributed by atoms with Gasteiger partial charge in [-0.3, -0.25) is 9.88 Å². The summed E-state index contributed by atoms with van der Waals surface area (Å²) in [6.45, 7) is 7.80. The normalized spacial score (nSPS) is 18.4. The Balaban J connectivity index is 1.77. The number of aromatic nitrogens is 1. The van der Waals surface area contributed by atoms with E-state index in [1.807, 2.05) is 12.4 Å². The van der Waals surface area contributed by atoms with Crippen molar-refractivity contribution in [2.75, 3.05) is 13.1 Å². The molecule has 1 fully saturated rings. The average Bonchev–Trinajstić information content (AvgIpc) is 2.52. The Kier molecular flexibility index (Phi) is 6.48. The van der Waals surface area contributed by atoms with Gasteiger partial charge in [0.05, 0.1) is 0 Å². The van der Waals surface area contributed by atoms with Crippen molar-refractivity contribution in [2.45, 2.75) is 64.6 Å². The lowest BCUT2D eigenvalue weighted by molar-refractivity contribution is 0.197. The Labute approximate surface area is 123 Å². The van der Waals surface area contributed by atoms with E-state index in [2.05, 4.69) is 41.2 Å². The van der Waals surface area contributed by atoms with E-state index in [0.717, 1.165) is 25.7 Å². The molecule has 0 radical (unpaired) electrons. The van der Waals surface area contributed by atoms with Crippen molar-refractivity contribution in [2.24, 2.45) is 0 Å². The molecule has 1 aromatic heterocycles. The maximum atomic E-state index is 4.09. The maximum Gasteiger partial charge on any atom is 0.0271 e. The highest BCUT2D eigenvalue weighted by atomic mass is 15.2. The number of pyridine rings is 1. The van der Waals surface area contributed by atoms with Gasteiger partial charge in [0.2, 0.25) is 0 Å². The third-order valence-electron chi connectivity index (χ3n) is 4.47. The highest BCUT2D eigenvalue weighted by Gasteiger charge is 2.16. The highest BCUT2D eigenvalue weighted by molar-refractivity contribution is 5.09. The van der Waals surface area contributed by atoms with Gasteiger partial charge in [-0.25, -0.2) is 0 Å². The third-order valence-corrected chi connectivity index (χ3v) is 4.47. The topological polar surface area (TPSA) is 28.2 Å². The predicted octanol–water partition coefficient (Wildman–Crippen LogP) is 3.21. The van der Waals surface area contributed by atoms with Crippen LogP contribution in [0.5, 0.6) is 0 Å². The zero-order valence-electron chi connectivity index (χ0n) is 13.0. The van der Waals surface area contributed by atoms with Gasteiger partial charge >= 0.3 is 0 Å². The Bertz CT molecular complexity index is 360. The first-order valence-electron chi connectivity index (χ1n) is 8.16. The molecular weight excluding hydrogens is 246 g/mol. The molecule has 0 spiro atoms. The van der Waals surface area contributed by atoms with Crippen molar-refractivity contribution in [1.29, 1.82) is 0 Å². The van der Waals surface area contributed by atoms with E-state index in [-0.39, 0.29) is 0 Å². The first-order valence-corrected chi connectivity index (χ1v) is 8.16. The van der Waals surface area contributed by atoms with Crippen molar-refractivity contribution in [3.8, 4) is 0 Å². The summed E-state index contributed by atoms with van der Waals surface area (Å²) in [6.07, 6.45) is 10.7. The summed E-state index contributed by atoms with van der Waals surface area (Å²) in [5.41, 5.74) is 1.35. The third kappa shape index (κ3) is 4.88. The fourth-order valence-corrected chi connectivity index (χ4v) is 3.08. The lowest BCUT2D eigenvalue weighted by Gasteiger charge is -2.31. The molecule has 0 amide bonds. The van der Waals surface area contributed by atoms with E-state index in [4.69, 9.17) is 0 Å². The number of likely N-dealkylation sites (N-methyl/N-ethyl adjacent to an activating group) is 1. The molecule has 1 aromatic rings. The smallest absolute Gasteiger partial charge is 0.0271 e. The van der Waals surface area contributed by atoms with Gasteiger partial charge in [-0.2, -0.15) is 0 Å². The molecule has 0 bridgehead atoms. The van der Waals surface area contributed by atoms with Gasteiger partial charge in [0.25, 0.3) is 0 Å². The average molecular weight is 275 g/mol. The molecule has 0 aromatic carbocycles. The Morgan fingerprint density at radius 2 is 1.95 bits per heavy atom. The first kappa shape index (κ1) is 15.5. The van der Waals surface area contributed by atoms with Crippen LogP contribution in [0.25, 0.3) is 0 Å². The second-order valence-electron chi connectivity index (χ2n) is 6.01. The quantitative estimate of drug-likeness (QED) is 0.828. The van der Waals surface area contributed by atoms with E-state index in [0.29, 0.717) is 6.04 Å². The van der Waals surface area contributed by atoms with Crippen LogP contribution in [-0.4, -0.2) is 35.1 Å². The number of nitrogens with one attached hydrogen (secondary N) is 1. The van der Waals surface area contributed by atoms with Gasteiger partial charge in [0.1, 0.15) is 0 Å². The predicted molar refractivity (Wildman–Crippen MR) is 84.7 cm³/mol. The van der Waals surface area contributed by atoms with Gasteiger partial charge in [0, 0.05) is 37.6 Å². The Morgan fingerprint density at radius 1 is 1.25 bits per heavy atom. The summed E-state index contributed by atoms with van der Waals surface area (Å²) in [7, 11) is 0. The molecule has 20 heavy (non-hydrogen) atoms. The van der Waals surface area contributed by atoms with E-state index < -0.39 is 0 Å². The van der Waals surface area contributed by atoms with Crippen molar-refractivity contribution in [1.82, 2.24) is 15.2 Å². The molecule has 2 rings (SSSR count). The molecule has 0 saturated heterocycles. The largest absolute Gasteiger partial charge is 0.312 e. The van der Waals surface area contributed by atoms with Crippen molar-refractivity contribution in [3.05, 3.63) is 30.1 Å². The first-order chi connectivity index (χ1) is 9.79. The molecule has 1 aliphatic rings. The van der Waals surface area contributed by atoms with Gasteiger partial charge in [-0.05, 0) is 44.0 Å². The molecule has 112 valence electrons. The minimum Gasteiger partial charge on any atom is -0.312 e. The summed E-state index contributed by atoms with van der Waals surface area (Å²) in [6, 6.07) is 5.56. The second-order valence-corrected chi connectivity index (χ2v) is 6.01. The van der Waals surface area contributed by atoms with Crippen LogP contribution in [0.1, 0.15) is 51.5 Å². The summed E-state index contributed by atoms with van der Waals surface area (Å²) in [4.78, 5) is 6.62. The zero-order chi connectivity index (χ0) is 14.2. The zero-order valence-corrected chi connectivity index (χ0v) is 13.0. The minimum atomic E-state index is 0.579. The van der Waals surface area contributed by atoms with Crippen molar-refractivity contribution >= 4 is 0 Å². The lowest BCUT2D eigenvalue weighted by Crippen LogP contribution is -2.43. The van der Waals surface area contributed by atoms with E-state index in [1.54, 1.807) is 0 Å². The molecule has 3 nitrogen and oxygen atoms in total. The minimum absolute atomic E-state index is 0.579. The highest BCUT2D eigenvalue weighted by Crippen LogP contribution is 2.17. The summed E-state index contributed by atoms with van der Waals surface area (Å²) in [5, 5.41) is 3.77. The Hall–Kier alpha value is -0.930. The molecule has 1 atom stereocenters. The SMILES string of the molecule is CCN(Cc1ccncc1)C(C)CNC1CCCCC1. The molecule has 3 heteroatoms. The van der Waals surface area contributed by atoms with Crippen LogP contribution in [0.3, 0.4) is 0 Å². The molecule has 1 unspecified atom stereocenters. The van der Waals surface area contributed by atoms with E-state index >= 15 is 0 Å². The monoisotopic (exact) mass is 275 g/mol. The number of rotatable bonds is 7. The van der Waals surface area contributed by atoms with Crippen molar-refractivity contribution in [3.63, 3.8) is 0 Å². The summed E-state index contributed by atoms with van der Waals surface area (Å²) < 4.78 is 0. The van der Waals surface area contributed by atoms with E-state index in [1.165, 1.54) is 37.7 Å². The molecule has 1 heterocycles. The molecule has 1 N–H and O–H groups in total. The fourth-order valence-electron chi connectivity index (χ4n) is 3.08. The number of hydrogen-bond acceptors (Lipinski definition) is 3. The molecule has 1 aliphatic carbocycles. The standard InChI is InChI=1S/C17H29N3/c1-3-20(14-16-9-11-18-12-10-16)15(2)13-19-17-7-5-4-6-8-17/h9-12,15,17,19H,3-8,13-14H2,1-2H3.